The highest BCUT2D eigenvalue weighted by atomic mass is 28.3. The van der Waals surface area contributed by atoms with Crippen molar-refractivity contribution < 1.29 is 5.11 Å². The zero-order valence-corrected chi connectivity index (χ0v) is 9.31. The van der Waals surface area contributed by atoms with Crippen LogP contribution in [0.5, 0.6) is 0 Å². The molecule has 0 aliphatic heterocycles. The molecule has 66 valence electrons. The van der Waals surface area contributed by atoms with E-state index in [2.05, 4.69) is 25.3 Å². The second kappa shape index (κ2) is 4.07. The highest BCUT2D eigenvalue weighted by molar-refractivity contribution is 6.81. The van der Waals surface area contributed by atoms with Crippen molar-refractivity contribution in [2.75, 3.05) is 0 Å². The second-order valence-electron chi connectivity index (χ2n) is 4.18. The molecule has 0 fully saturated rings. The Morgan fingerprint density at radius 3 is 2.18 bits per heavy atom. The molecule has 1 N–H and O–H groups in total. The van der Waals surface area contributed by atoms with Gasteiger partial charge in [-0.05, 0) is 13.3 Å². The molecule has 1 unspecified atom stereocenters. The van der Waals surface area contributed by atoms with Gasteiger partial charge in [0.15, 0.2) is 0 Å². The normalized spacial score (nSPS) is 16.7. The average molecular weight is 172 g/mol. The number of aliphatic hydroxyl groups excluding tert-OH is 1. The van der Waals surface area contributed by atoms with Crippen LogP contribution in [0, 0.1) is 0 Å². The van der Waals surface area contributed by atoms with Crippen LogP contribution in [0.25, 0.3) is 0 Å². The minimum atomic E-state index is -1.12. The van der Waals surface area contributed by atoms with Crippen molar-refractivity contribution in [2.45, 2.75) is 46.0 Å². The first-order chi connectivity index (χ1) is 4.87. The van der Waals surface area contributed by atoms with Gasteiger partial charge < -0.3 is 5.11 Å². The van der Waals surface area contributed by atoms with Gasteiger partial charge in [-0.15, -0.1) is 0 Å². The van der Waals surface area contributed by atoms with Crippen LogP contribution < -0.4 is 0 Å². The van der Waals surface area contributed by atoms with E-state index in [0.717, 1.165) is 12.0 Å². The zero-order chi connectivity index (χ0) is 9.07. The molecule has 2 heteroatoms. The Bertz CT molecular complexity index is 144. The summed E-state index contributed by atoms with van der Waals surface area (Å²) in [5, 5.41) is 9.44. The second-order valence-corrected chi connectivity index (χ2v) is 9.20. The van der Waals surface area contributed by atoms with Crippen LogP contribution in [-0.4, -0.2) is 19.3 Å². The SMILES string of the molecule is CCC(O)/C(C)=C/[Si](C)(C)C. The molecule has 0 aliphatic rings. The predicted octanol–water partition coefficient (Wildman–Crippen LogP) is 2.58. The molecule has 0 spiro atoms. The van der Waals surface area contributed by atoms with Gasteiger partial charge in [-0.2, -0.15) is 0 Å². The molecule has 0 saturated carbocycles. The van der Waals surface area contributed by atoms with E-state index >= 15 is 0 Å². The Kier molecular flexibility index (Phi) is 4.04. The Morgan fingerprint density at radius 1 is 1.45 bits per heavy atom. The highest BCUT2D eigenvalue weighted by Crippen LogP contribution is 2.11. The monoisotopic (exact) mass is 172 g/mol. The van der Waals surface area contributed by atoms with Gasteiger partial charge >= 0.3 is 0 Å². The van der Waals surface area contributed by atoms with E-state index in [9.17, 15) is 5.11 Å². The molecule has 0 radical (unpaired) electrons. The fourth-order valence-corrected chi connectivity index (χ4v) is 2.66. The Labute approximate surface area is 71.1 Å². The minimum absolute atomic E-state index is 0.221. The minimum Gasteiger partial charge on any atom is -0.389 e. The van der Waals surface area contributed by atoms with Crippen LogP contribution in [0.15, 0.2) is 11.3 Å². The Hall–Kier alpha value is -0.0831. The van der Waals surface area contributed by atoms with Crippen molar-refractivity contribution in [1.29, 1.82) is 0 Å². The molecular weight excluding hydrogens is 152 g/mol. The maximum absolute atomic E-state index is 9.44. The first-order valence-corrected chi connectivity index (χ1v) is 7.82. The van der Waals surface area contributed by atoms with Crippen LogP contribution in [0.3, 0.4) is 0 Å². The van der Waals surface area contributed by atoms with Crippen molar-refractivity contribution in [3.63, 3.8) is 0 Å². The van der Waals surface area contributed by atoms with E-state index < -0.39 is 8.07 Å². The Balaban J connectivity index is 4.22. The summed E-state index contributed by atoms with van der Waals surface area (Å²) in [6.45, 7) is 10.9. The molecule has 1 atom stereocenters. The molecule has 0 aromatic rings. The van der Waals surface area contributed by atoms with E-state index in [1.165, 1.54) is 0 Å². The summed E-state index contributed by atoms with van der Waals surface area (Å²) in [7, 11) is -1.12. The molecule has 0 heterocycles. The quantitative estimate of drug-likeness (QED) is 0.649. The van der Waals surface area contributed by atoms with Crippen molar-refractivity contribution in [2.24, 2.45) is 0 Å². The molecule has 0 bridgehead atoms. The van der Waals surface area contributed by atoms with E-state index in [1.807, 2.05) is 13.8 Å². The van der Waals surface area contributed by atoms with Crippen LogP contribution in [0.4, 0.5) is 0 Å². The average Bonchev–Trinajstić information content (AvgIpc) is 1.82. The highest BCUT2D eigenvalue weighted by Gasteiger charge is 2.11. The first kappa shape index (κ1) is 10.9. The maximum atomic E-state index is 9.44. The van der Waals surface area contributed by atoms with Crippen molar-refractivity contribution in [3.8, 4) is 0 Å². The van der Waals surface area contributed by atoms with Gasteiger partial charge in [0.25, 0.3) is 0 Å². The number of rotatable bonds is 3. The Morgan fingerprint density at radius 2 is 1.91 bits per heavy atom. The van der Waals surface area contributed by atoms with E-state index in [0.29, 0.717) is 0 Å². The lowest BCUT2D eigenvalue weighted by molar-refractivity contribution is 0.207. The van der Waals surface area contributed by atoms with Gasteiger partial charge in [0, 0.05) is 0 Å². The van der Waals surface area contributed by atoms with Crippen molar-refractivity contribution in [3.05, 3.63) is 11.3 Å². The van der Waals surface area contributed by atoms with Crippen LogP contribution in [-0.2, 0) is 0 Å². The van der Waals surface area contributed by atoms with E-state index in [-0.39, 0.29) is 6.10 Å². The first-order valence-electron chi connectivity index (χ1n) is 4.24. The summed E-state index contributed by atoms with van der Waals surface area (Å²) >= 11 is 0. The third-order valence-corrected chi connectivity index (χ3v) is 2.89. The summed E-state index contributed by atoms with van der Waals surface area (Å²) in [6.07, 6.45) is 0.606. The summed E-state index contributed by atoms with van der Waals surface area (Å²) in [4.78, 5) is 0. The van der Waals surface area contributed by atoms with Gasteiger partial charge in [0.1, 0.15) is 0 Å². The molecule has 0 aromatic heterocycles. The number of hydrogen-bond donors (Lipinski definition) is 1. The largest absolute Gasteiger partial charge is 0.389 e. The standard InChI is InChI=1S/C9H20OSi/c1-6-9(10)8(2)7-11(3,4)5/h7,9-10H,6H2,1-5H3/b8-7+. The predicted molar refractivity (Wildman–Crippen MR) is 53.4 cm³/mol. The lowest BCUT2D eigenvalue weighted by atomic mass is 10.1. The molecule has 0 aromatic carbocycles. The number of aliphatic hydroxyl groups is 1. The molecule has 11 heavy (non-hydrogen) atoms. The van der Waals surface area contributed by atoms with Crippen LogP contribution in [0.2, 0.25) is 19.6 Å². The molecule has 0 rings (SSSR count). The van der Waals surface area contributed by atoms with Crippen molar-refractivity contribution >= 4 is 8.07 Å². The van der Waals surface area contributed by atoms with Crippen molar-refractivity contribution in [1.82, 2.24) is 0 Å². The molecule has 0 amide bonds. The lowest BCUT2D eigenvalue weighted by Crippen LogP contribution is -2.19. The molecule has 0 aliphatic carbocycles. The van der Waals surface area contributed by atoms with Crippen LogP contribution in [0.1, 0.15) is 20.3 Å². The van der Waals surface area contributed by atoms with Gasteiger partial charge in [-0.1, -0.05) is 37.8 Å². The topological polar surface area (TPSA) is 20.2 Å². The maximum Gasteiger partial charge on any atom is 0.0741 e. The van der Waals surface area contributed by atoms with Crippen LogP contribution >= 0.6 is 0 Å². The lowest BCUT2D eigenvalue weighted by Gasteiger charge is -2.15. The fourth-order valence-electron chi connectivity index (χ4n) is 1.10. The summed E-state index contributed by atoms with van der Waals surface area (Å²) in [6, 6.07) is 0. The molecule has 1 nitrogen and oxygen atoms in total. The van der Waals surface area contributed by atoms with Gasteiger partial charge in [0.2, 0.25) is 0 Å². The fraction of sp³-hybridized carbons (Fsp3) is 0.778. The van der Waals surface area contributed by atoms with E-state index in [1.54, 1.807) is 0 Å². The van der Waals surface area contributed by atoms with E-state index in [4.69, 9.17) is 0 Å². The van der Waals surface area contributed by atoms with Gasteiger partial charge in [-0.3, -0.25) is 0 Å². The third-order valence-electron chi connectivity index (χ3n) is 1.57. The third kappa shape index (κ3) is 5.22. The summed E-state index contributed by atoms with van der Waals surface area (Å²) < 4.78 is 0. The number of hydrogen-bond acceptors (Lipinski definition) is 1. The molecular formula is C9H20OSi. The van der Waals surface area contributed by atoms with Gasteiger partial charge in [-0.25, -0.2) is 0 Å². The zero-order valence-electron chi connectivity index (χ0n) is 8.31. The molecule has 0 saturated heterocycles. The smallest absolute Gasteiger partial charge is 0.0741 e. The summed E-state index contributed by atoms with van der Waals surface area (Å²) in [5.41, 5.74) is 3.41. The summed E-state index contributed by atoms with van der Waals surface area (Å²) in [5.74, 6) is 0. The van der Waals surface area contributed by atoms with Gasteiger partial charge in [0.05, 0.1) is 14.2 Å².